The highest BCUT2D eigenvalue weighted by Crippen LogP contribution is 2.12. The summed E-state index contributed by atoms with van der Waals surface area (Å²) < 4.78 is 4.25. The Morgan fingerprint density at radius 3 is 2.34 bits per heavy atom. The number of carboxylic acids is 1. The Morgan fingerprint density at radius 2 is 1.89 bits per heavy atom. The molecule has 4 rings (SSSR count). The number of rotatable bonds is 10. The largest absolute Gasteiger partial charge is 0.480 e. The molecule has 246 valence electrons. The average Bonchev–Trinajstić information content (AvgIpc) is 3.40. The Labute approximate surface area is 262 Å². The van der Waals surface area contributed by atoms with Crippen molar-refractivity contribution >= 4 is 29.9 Å². The molecular weight excluding hydrogens is 562 g/mol. The van der Waals surface area contributed by atoms with Crippen molar-refractivity contribution < 1.29 is 24.2 Å². The first-order valence-corrected chi connectivity index (χ1v) is 15.2. The molecule has 7 N–H and O–H groups in total. The van der Waals surface area contributed by atoms with Crippen LogP contribution < -0.4 is 31.9 Å². The van der Waals surface area contributed by atoms with Crippen molar-refractivity contribution in [2.45, 2.75) is 71.1 Å². The normalized spacial score (nSPS) is 20.4. The molecular formula is C32H53N7O5. The first kappa shape index (κ1) is 38.3. The number of carbonyl (C=O) groups is 3. The lowest BCUT2D eigenvalue weighted by atomic mass is 10.0. The van der Waals surface area contributed by atoms with E-state index in [-0.39, 0.29) is 12.3 Å². The van der Waals surface area contributed by atoms with Crippen molar-refractivity contribution in [3.05, 3.63) is 54.1 Å². The Kier molecular flexibility index (Phi) is 20.6. The number of carbonyl (C=O) groups excluding carboxylic acids is 2. The monoisotopic (exact) mass is 615 g/mol. The van der Waals surface area contributed by atoms with Crippen molar-refractivity contribution in [1.29, 1.82) is 0 Å². The zero-order chi connectivity index (χ0) is 32.6. The van der Waals surface area contributed by atoms with Crippen LogP contribution in [0.25, 0.3) is 0 Å². The SMILES string of the molecule is CC1C=CC=CC1.CC1CNC(C)N1.COC.O=CNC(Cc1ccc(NC(=O)CCCNC2=NCCCN2)cc1)C(=O)O. The maximum Gasteiger partial charge on any atom is 0.326 e. The van der Waals surface area contributed by atoms with Crippen LogP contribution in [-0.2, 0) is 25.5 Å². The van der Waals surface area contributed by atoms with Gasteiger partial charge in [0.25, 0.3) is 0 Å². The molecule has 0 bridgehead atoms. The van der Waals surface area contributed by atoms with Gasteiger partial charge in [-0.2, -0.15) is 0 Å². The fourth-order valence-electron chi connectivity index (χ4n) is 4.19. The van der Waals surface area contributed by atoms with Gasteiger partial charge in [0.2, 0.25) is 12.3 Å². The van der Waals surface area contributed by atoms with Gasteiger partial charge in [-0.1, -0.05) is 43.4 Å². The molecule has 2 aliphatic heterocycles. The topological polar surface area (TPSA) is 165 Å². The molecule has 0 aromatic heterocycles. The molecule has 1 aromatic carbocycles. The van der Waals surface area contributed by atoms with Crippen LogP contribution in [0.1, 0.15) is 52.0 Å². The number of ether oxygens (including phenoxy) is 1. The molecule has 2 heterocycles. The molecule has 12 heteroatoms. The van der Waals surface area contributed by atoms with Crippen LogP contribution in [0, 0.1) is 5.92 Å². The minimum Gasteiger partial charge on any atom is -0.480 e. The lowest BCUT2D eigenvalue weighted by molar-refractivity contribution is -0.140. The second-order valence-electron chi connectivity index (χ2n) is 10.8. The third-order valence-corrected chi connectivity index (χ3v) is 6.47. The van der Waals surface area contributed by atoms with Crippen molar-refractivity contribution in [3.63, 3.8) is 0 Å². The van der Waals surface area contributed by atoms with E-state index in [4.69, 9.17) is 5.11 Å². The van der Waals surface area contributed by atoms with E-state index in [2.05, 4.69) is 86.7 Å². The van der Waals surface area contributed by atoms with Gasteiger partial charge in [-0.05, 0) is 56.7 Å². The van der Waals surface area contributed by atoms with Crippen LogP contribution in [0.4, 0.5) is 5.69 Å². The summed E-state index contributed by atoms with van der Waals surface area (Å²) in [6, 6.07) is 6.57. The molecule has 1 saturated heterocycles. The molecule has 44 heavy (non-hydrogen) atoms. The van der Waals surface area contributed by atoms with Crippen LogP contribution >= 0.6 is 0 Å². The number of carboxylic acid groups (broad SMARTS) is 1. The summed E-state index contributed by atoms with van der Waals surface area (Å²) in [5, 5.41) is 27.0. The van der Waals surface area contributed by atoms with Gasteiger partial charge in [-0.3, -0.25) is 19.9 Å². The van der Waals surface area contributed by atoms with E-state index in [1.54, 1.807) is 38.5 Å². The number of nitrogens with one attached hydrogen (secondary N) is 6. The van der Waals surface area contributed by atoms with Crippen LogP contribution in [0.5, 0.6) is 0 Å². The first-order valence-electron chi connectivity index (χ1n) is 15.2. The van der Waals surface area contributed by atoms with Gasteiger partial charge in [0.1, 0.15) is 6.04 Å². The molecule has 12 nitrogen and oxygen atoms in total. The zero-order valence-electron chi connectivity index (χ0n) is 26.9. The van der Waals surface area contributed by atoms with E-state index in [1.165, 1.54) is 6.42 Å². The maximum absolute atomic E-state index is 12.0. The smallest absolute Gasteiger partial charge is 0.326 e. The summed E-state index contributed by atoms with van der Waals surface area (Å²) in [4.78, 5) is 37.8. The van der Waals surface area contributed by atoms with Crippen molar-refractivity contribution in [3.8, 4) is 0 Å². The van der Waals surface area contributed by atoms with Gasteiger partial charge < -0.3 is 36.4 Å². The summed E-state index contributed by atoms with van der Waals surface area (Å²) in [6.45, 7) is 10.0. The van der Waals surface area contributed by atoms with E-state index in [0.717, 1.165) is 43.5 Å². The van der Waals surface area contributed by atoms with E-state index in [9.17, 15) is 14.4 Å². The molecule has 4 unspecified atom stereocenters. The number of nitrogens with zero attached hydrogens (tertiary/aromatic N) is 1. The highest BCUT2D eigenvalue weighted by Gasteiger charge is 2.16. The number of guanidine groups is 1. The second kappa shape index (κ2) is 23.7. The Morgan fingerprint density at radius 1 is 1.16 bits per heavy atom. The van der Waals surface area contributed by atoms with Crippen LogP contribution in [0.2, 0.25) is 0 Å². The number of amides is 2. The number of hydrogen-bond acceptors (Lipinski definition) is 9. The number of allylic oxidation sites excluding steroid dienone is 4. The summed E-state index contributed by atoms with van der Waals surface area (Å²) in [5.41, 5.74) is 1.39. The number of benzene rings is 1. The molecule has 3 aliphatic rings. The lowest BCUT2D eigenvalue weighted by Gasteiger charge is -2.15. The fourth-order valence-corrected chi connectivity index (χ4v) is 4.19. The van der Waals surface area contributed by atoms with Gasteiger partial charge >= 0.3 is 5.97 Å². The summed E-state index contributed by atoms with van der Waals surface area (Å²) >= 11 is 0. The standard InChI is InChI=1S/C18H25N5O4.C7H10.C5H12N2.C2H6O/c24-12-22-15(17(26)27)11-13-4-6-14(7-5-13)23-16(25)3-1-8-19-18-20-9-2-10-21-18;1-7-5-3-2-4-6-7;1-4-3-6-5(2)7-4;1-3-2/h4-7,12,15H,1-3,8-11H2,(H,22,24)(H,23,25)(H,26,27)(H2,19,20,21);2-5,7H,6H2,1H3;4-7H,3H2,1-2H3;1-2H3. The lowest BCUT2D eigenvalue weighted by Crippen LogP contribution is -2.41. The van der Waals surface area contributed by atoms with Gasteiger partial charge in [0.15, 0.2) is 5.96 Å². The highest BCUT2D eigenvalue weighted by atomic mass is 16.4. The van der Waals surface area contributed by atoms with E-state index < -0.39 is 12.0 Å². The highest BCUT2D eigenvalue weighted by molar-refractivity contribution is 5.90. The van der Waals surface area contributed by atoms with Gasteiger partial charge in [-0.15, -0.1) is 0 Å². The number of aliphatic carboxylic acids is 1. The average molecular weight is 616 g/mol. The van der Waals surface area contributed by atoms with Crippen molar-refractivity contribution in [2.75, 3.05) is 45.7 Å². The molecule has 1 aromatic rings. The van der Waals surface area contributed by atoms with Crippen LogP contribution in [0.15, 0.2) is 53.6 Å². The summed E-state index contributed by atoms with van der Waals surface area (Å²) in [7, 11) is 3.25. The predicted octanol–water partition coefficient (Wildman–Crippen LogP) is 2.40. The number of hydrogen-bond donors (Lipinski definition) is 7. The summed E-state index contributed by atoms with van der Waals surface area (Å²) in [5.74, 6) is 0.377. The first-order chi connectivity index (χ1) is 21.2. The summed E-state index contributed by atoms with van der Waals surface area (Å²) in [6.07, 6.45) is 13.0. The van der Waals surface area contributed by atoms with E-state index in [1.807, 2.05) is 0 Å². The fraction of sp³-hybridized carbons (Fsp3) is 0.562. The maximum atomic E-state index is 12.0. The predicted molar refractivity (Wildman–Crippen MR) is 177 cm³/mol. The molecule has 1 fully saturated rings. The van der Waals surface area contributed by atoms with Crippen molar-refractivity contribution in [1.82, 2.24) is 26.6 Å². The van der Waals surface area contributed by atoms with E-state index >= 15 is 0 Å². The zero-order valence-corrected chi connectivity index (χ0v) is 26.9. The minimum absolute atomic E-state index is 0.0888. The second-order valence-corrected chi connectivity index (χ2v) is 10.8. The molecule has 0 saturated carbocycles. The Hall–Kier alpha value is -3.74. The number of methoxy groups -OCH3 is 1. The Balaban J connectivity index is 0.000000456. The molecule has 1 aliphatic carbocycles. The van der Waals surface area contributed by atoms with Gasteiger partial charge in [0, 0.05) is 65.0 Å². The van der Waals surface area contributed by atoms with Crippen LogP contribution in [0.3, 0.4) is 0 Å². The van der Waals surface area contributed by atoms with Gasteiger partial charge in [-0.25, -0.2) is 4.79 Å². The minimum atomic E-state index is -1.09. The van der Waals surface area contributed by atoms with Crippen LogP contribution in [-0.4, -0.2) is 88.0 Å². The third-order valence-electron chi connectivity index (χ3n) is 6.47. The Bertz CT molecular complexity index is 1040. The third kappa shape index (κ3) is 18.7. The molecule has 4 atom stereocenters. The quantitative estimate of drug-likeness (QED) is 0.155. The van der Waals surface area contributed by atoms with Crippen molar-refractivity contribution in [2.24, 2.45) is 10.9 Å². The van der Waals surface area contributed by atoms with Gasteiger partial charge in [0.05, 0.1) is 6.17 Å². The molecule has 0 spiro atoms. The number of anilines is 1. The number of aliphatic imine (C=N–C) groups is 1. The van der Waals surface area contributed by atoms with E-state index in [0.29, 0.717) is 43.7 Å². The molecule has 2 amide bonds. The molecule has 0 radical (unpaired) electrons.